The van der Waals surface area contributed by atoms with E-state index in [-0.39, 0.29) is 5.56 Å². The topological polar surface area (TPSA) is 84.9 Å². The van der Waals surface area contributed by atoms with Crippen molar-refractivity contribution in [2.24, 2.45) is 11.8 Å². The number of carbonyl (C=O) groups is 3. The minimum absolute atomic E-state index is 0.198. The Kier molecular flexibility index (Phi) is 6.05. The summed E-state index contributed by atoms with van der Waals surface area (Å²) in [7, 11) is 1.23. The van der Waals surface area contributed by atoms with Gasteiger partial charge in [0.1, 0.15) is 11.6 Å². The quantitative estimate of drug-likeness (QED) is 0.420. The number of ether oxygens (including phenoxy) is 2. The van der Waals surface area contributed by atoms with Crippen molar-refractivity contribution in [3.05, 3.63) is 95.8 Å². The largest absolute Gasteiger partial charge is 0.494 e. The molecule has 0 saturated carbocycles. The van der Waals surface area contributed by atoms with E-state index in [2.05, 4.69) is 5.32 Å². The fourth-order valence-electron chi connectivity index (χ4n) is 5.45. The van der Waals surface area contributed by atoms with Gasteiger partial charge in [0, 0.05) is 11.6 Å². The monoisotopic (exact) mass is 488 g/mol. The summed E-state index contributed by atoms with van der Waals surface area (Å²) >= 11 is 0. The summed E-state index contributed by atoms with van der Waals surface area (Å²) in [4.78, 5) is 42.5. The lowest BCUT2D eigenvalue weighted by molar-refractivity contribution is -0.152. The Hall–Kier alpha value is -4.04. The highest BCUT2D eigenvalue weighted by molar-refractivity contribution is 6.24. The van der Waals surface area contributed by atoms with Crippen molar-refractivity contribution < 1.29 is 28.2 Å². The first-order valence-electron chi connectivity index (χ1n) is 11.7. The molecule has 2 aliphatic heterocycles. The van der Waals surface area contributed by atoms with Crippen molar-refractivity contribution in [1.29, 1.82) is 0 Å². The summed E-state index contributed by atoms with van der Waals surface area (Å²) in [5.41, 5.74) is -0.688. The Bertz CT molecular complexity index is 1310. The molecule has 0 aromatic heterocycles. The zero-order chi connectivity index (χ0) is 25.4. The maximum absolute atomic E-state index is 15.0. The van der Waals surface area contributed by atoms with Crippen LogP contribution in [0.5, 0.6) is 5.75 Å². The van der Waals surface area contributed by atoms with E-state index in [1.807, 2.05) is 6.92 Å². The number of imide groups is 1. The summed E-state index contributed by atoms with van der Waals surface area (Å²) in [5, 5.41) is 3.19. The van der Waals surface area contributed by atoms with E-state index in [1.54, 1.807) is 72.8 Å². The van der Waals surface area contributed by atoms with Gasteiger partial charge >= 0.3 is 5.97 Å². The molecule has 2 fully saturated rings. The number of nitrogens with zero attached hydrogens (tertiary/aromatic N) is 1. The van der Waals surface area contributed by atoms with Gasteiger partial charge in [0.05, 0.1) is 31.2 Å². The first-order chi connectivity index (χ1) is 17.4. The van der Waals surface area contributed by atoms with E-state index in [0.717, 1.165) is 4.90 Å². The molecule has 4 atom stereocenters. The number of rotatable bonds is 6. The van der Waals surface area contributed by atoms with E-state index in [1.165, 1.54) is 13.2 Å². The van der Waals surface area contributed by atoms with Gasteiger partial charge < -0.3 is 9.47 Å². The highest BCUT2D eigenvalue weighted by Crippen LogP contribution is 2.54. The van der Waals surface area contributed by atoms with Crippen LogP contribution in [0.15, 0.2) is 78.9 Å². The van der Waals surface area contributed by atoms with Crippen LogP contribution < -0.4 is 15.0 Å². The molecule has 0 bridgehead atoms. The Morgan fingerprint density at radius 2 is 1.64 bits per heavy atom. The van der Waals surface area contributed by atoms with Gasteiger partial charge in [0.2, 0.25) is 11.8 Å². The van der Waals surface area contributed by atoms with Crippen molar-refractivity contribution in [2.75, 3.05) is 18.6 Å². The highest BCUT2D eigenvalue weighted by Gasteiger charge is 2.70. The van der Waals surface area contributed by atoms with Crippen LogP contribution in [-0.2, 0) is 24.7 Å². The number of nitrogens with one attached hydrogen (secondary N) is 1. The fourth-order valence-corrected chi connectivity index (χ4v) is 5.45. The van der Waals surface area contributed by atoms with E-state index in [0.29, 0.717) is 23.6 Å². The predicted octanol–water partition coefficient (Wildman–Crippen LogP) is 3.74. The molecule has 5 rings (SSSR count). The first kappa shape index (κ1) is 23.7. The lowest BCUT2D eigenvalue weighted by atomic mass is 9.75. The molecule has 7 nitrogen and oxygen atoms in total. The van der Waals surface area contributed by atoms with E-state index in [4.69, 9.17) is 9.47 Å². The van der Waals surface area contributed by atoms with E-state index < -0.39 is 47.0 Å². The molecule has 1 N–H and O–H groups in total. The third kappa shape index (κ3) is 3.48. The van der Waals surface area contributed by atoms with Crippen LogP contribution in [-0.4, -0.2) is 31.5 Å². The molecular formula is C28H25FN2O5. The molecule has 2 saturated heterocycles. The van der Waals surface area contributed by atoms with Gasteiger partial charge in [-0.2, -0.15) is 0 Å². The van der Waals surface area contributed by atoms with Gasteiger partial charge in [-0.1, -0.05) is 48.5 Å². The Morgan fingerprint density at radius 1 is 0.972 bits per heavy atom. The van der Waals surface area contributed by atoms with Crippen LogP contribution in [0, 0.1) is 17.7 Å². The molecule has 184 valence electrons. The lowest BCUT2D eigenvalue weighted by Crippen LogP contribution is -2.53. The van der Waals surface area contributed by atoms with Crippen molar-refractivity contribution in [3.8, 4) is 5.75 Å². The molecule has 2 aliphatic rings. The first-order valence-corrected chi connectivity index (χ1v) is 11.7. The maximum atomic E-state index is 15.0. The van der Waals surface area contributed by atoms with Crippen LogP contribution >= 0.6 is 0 Å². The molecule has 3 aromatic carbocycles. The number of amides is 2. The second kappa shape index (κ2) is 9.20. The van der Waals surface area contributed by atoms with Crippen molar-refractivity contribution in [2.45, 2.75) is 18.5 Å². The Labute approximate surface area is 207 Å². The SMILES string of the molecule is CCOc1ccc(N2C(=O)[C@H]3[C@@H](c4ccccc4F)N[C@](C(=O)OC)(c4ccccc4)[C@@H]3C2=O)cc1. The highest BCUT2D eigenvalue weighted by atomic mass is 19.1. The molecule has 3 aromatic rings. The third-order valence-electron chi connectivity index (χ3n) is 6.94. The molecule has 8 heteroatoms. The van der Waals surface area contributed by atoms with Gasteiger partial charge in [0.15, 0.2) is 5.54 Å². The molecule has 0 radical (unpaired) electrons. The minimum Gasteiger partial charge on any atom is -0.494 e. The average Bonchev–Trinajstić information content (AvgIpc) is 3.39. The standard InChI is InChI=1S/C28H25FN2O5/c1-3-36-19-15-13-18(14-16-19)31-25(32)22-23(26(31)33)28(27(34)35-2,17-9-5-4-6-10-17)30-24(22)20-11-7-8-12-21(20)29/h4-16,22-24,30H,3H2,1-2H3/t22-,23+,24-,28-/m1/s1. The minimum atomic E-state index is -1.69. The fraction of sp³-hybridized carbons (Fsp3) is 0.250. The van der Waals surface area contributed by atoms with Crippen LogP contribution in [0.1, 0.15) is 24.1 Å². The number of hydrogen-bond acceptors (Lipinski definition) is 6. The smallest absolute Gasteiger partial charge is 0.331 e. The molecule has 0 unspecified atom stereocenters. The summed E-state index contributed by atoms with van der Waals surface area (Å²) in [6.45, 7) is 2.33. The van der Waals surface area contributed by atoms with Gasteiger partial charge in [-0.15, -0.1) is 0 Å². The molecule has 2 amide bonds. The maximum Gasteiger partial charge on any atom is 0.331 e. The van der Waals surface area contributed by atoms with E-state index >= 15 is 4.39 Å². The summed E-state index contributed by atoms with van der Waals surface area (Å²) < 4.78 is 25.7. The van der Waals surface area contributed by atoms with E-state index in [9.17, 15) is 14.4 Å². The predicted molar refractivity (Wildman–Crippen MR) is 129 cm³/mol. The number of halogens is 1. The third-order valence-corrected chi connectivity index (χ3v) is 6.94. The van der Waals surface area contributed by atoms with Crippen LogP contribution in [0.4, 0.5) is 10.1 Å². The Balaban J connectivity index is 1.69. The molecule has 0 aliphatic carbocycles. The molecule has 2 heterocycles. The van der Waals surface area contributed by atoms with Gasteiger partial charge in [-0.3, -0.25) is 14.9 Å². The molecular weight excluding hydrogens is 463 g/mol. The number of anilines is 1. The van der Waals surface area contributed by atoms with Crippen molar-refractivity contribution in [1.82, 2.24) is 5.32 Å². The van der Waals surface area contributed by atoms with Crippen molar-refractivity contribution in [3.63, 3.8) is 0 Å². The van der Waals surface area contributed by atoms with Crippen LogP contribution in [0.2, 0.25) is 0 Å². The zero-order valence-corrected chi connectivity index (χ0v) is 19.8. The molecule has 36 heavy (non-hydrogen) atoms. The summed E-state index contributed by atoms with van der Waals surface area (Å²) in [5.74, 6) is -3.94. The van der Waals surface area contributed by atoms with Crippen LogP contribution in [0.3, 0.4) is 0 Å². The number of methoxy groups -OCH3 is 1. The normalized spacial score (nSPS) is 25.1. The number of hydrogen-bond donors (Lipinski definition) is 1. The molecule has 0 spiro atoms. The number of esters is 1. The second-order valence-electron chi connectivity index (χ2n) is 8.75. The van der Waals surface area contributed by atoms with Gasteiger partial charge in [-0.25, -0.2) is 14.1 Å². The average molecular weight is 489 g/mol. The number of carbonyl (C=O) groups excluding carboxylic acids is 3. The van der Waals surface area contributed by atoms with Gasteiger partial charge in [0.25, 0.3) is 0 Å². The zero-order valence-electron chi connectivity index (χ0n) is 19.8. The van der Waals surface area contributed by atoms with Crippen LogP contribution in [0.25, 0.3) is 0 Å². The number of benzene rings is 3. The van der Waals surface area contributed by atoms with Crippen molar-refractivity contribution >= 4 is 23.5 Å². The Morgan fingerprint density at radius 3 is 2.28 bits per heavy atom. The number of fused-ring (bicyclic) bond motifs is 1. The summed E-state index contributed by atoms with van der Waals surface area (Å²) in [6, 6.07) is 20.3. The second-order valence-corrected chi connectivity index (χ2v) is 8.75. The lowest BCUT2D eigenvalue weighted by Gasteiger charge is -2.33. The van der Waals surface area contributed by atoms with Gasteiger partial charge in [-0.05, 0) is 42.8 Å². The summed E-state index contributed by atoms with van der Waals surface area (Å²) in [6.07, 6.45) is 0.